The molecule has 2 saturated heterocycles. The van der Waals surface area contributed by atoms with Crippen molar-refractivity contribution in [3.63, 3.8) is 0 Å². The average molecular weight is 477 g/mol. The maximum atomic E-state index is 15.5. The van der Waals surface area contributed by atoms with Crippen LogP contribution in [0.15, 0.2) is 36.3 Å². The van der Waals surface area contributed by atoms with Crippen molar-refractivity contribution in [2.45, 2.75) is 38.4 Å². The first-order valence-corrected chi connectivity index (χ1v) is 10.6. The summed E-state index contributed by atoms with van der Waals surface area (Å²) in [5.74, 6) is -5.01. The lowest BCUT2D eigenvalue weighted by molar-refractivity contribution is -0.136. The minimum atomic E-state index is -3.22. The number of piperidine rings is 1. The summed E-state index contributed by atoms with van der Waals surface area (Å²) < 4.78 is 103. The van der Waals surface area contributed by atoms with Gasteiger partial charge in [0, 0.05) is 67.0 Å². The first-order chi connectivity index (χ1) is 20.5. The topological polar surface area (TPSA) is 91.0 Å². The molecule has 1 atom stereocenters. The van der Waals surface area contributed by atoms with E-state index < -0.39 is 96.8 Å². The molecule has 0 spiro atoms. The van der Waals surface area contributed by atoms with Gasteiger partial charge in [-0.3, -0.25) is 24.6 Å². The van der Waals surface area contributed by atoms with Gasteiger partial charge in [0.05, 0.1) is 21.4 Å². The molecule has 3 heterocycles. The summed E-state index contributed by atoms with van der Waals surface area (Å²) in [7, 11) is 0. The Kier molecular flexibility index (Phi) is 3.79. The Morgan fingerprint density at radius 3 is 2.85 bits per heavy atom. The van der Waals surface area contributed by atoms with Crippen molar-refractivity contribution in [1.29, 1.82) is 0 Å². The number of nitrogens with zero attached hydrogens (tertiary/aromatic N) is 2. The van der Waals surface area contributed by atoms with E-state index in [1.165, 1.54) is 0 Å². The number of benzene rings is 2. The van der Waals surface area contributed by atoms with Crippen molar-refractivity contribution < 1.29 is 37.2 Å². The number of hydrogen-bond donors (Lipinski definition) is 2. The predicted octanol–water partition coefficient (Wildman–Crippen LogP) is 2.03. The summed E-state index contributed by atoms with van der Waals surface area (Å²) in [6.07, 6.45) is -6.42. The largest absolute Gasteiger partial charge is 0.381 e. The van der Waals surface area contributed by atoms with Crippen LogP contribution in [0.2, 0.25) is 0 Å². The fourth-order valence-electron chi connectivity index (χ4n) is 3.95. The zero-order valence-electron chi connectivity index (χ0n) is 27.9. The molecule has 8 nitrogen and oxygen atoms in total. The van der Waals surface area contributed by atoms with Gasteiger partial charge in [-0.1, -0.05) is 18.1 Å². The summed E-state index contributed by atoms with van der Waals surface area (Å²) in [4.78, 5) is 40.7. The zero-order chi connectivity index (χ0) is 32.5. The minimum Gasteiger partial charge on any atom is -0.381 e. The van der Waals surface area contributed by atoms with Crippen LogP contribution in [-0.2, 0) is 34.0 Å². The summed E-state index contributed by atoms with van der Waals surface area (Å²) >= 11 is 0. The highest BCUT2D eigenvalue weighted by Gasteiger charge is 2.39. The van der Waals surface area contributed by atoms with Crippen molar-refractivity contribution in [2.24, 2.45) is 0 Å². The van der Waals surface area contributed by atoms with Crippen LogP contribution in [0.4, 0.5) is 10.1 Å². The van der Waals surface area contributed by atoms with Crippen LogP contribution in [0.25, 0.3) is 0 Å². The molecule has 3 aliphatic rings. The molecule has 0 aliphatic carbocycles. The number of hydrogen-bond acceptors (Lipinski definition) is 6. The van der Waals surface area contributed by atoms with Crippen LogP contribution in [0, 0.1) is 5.82 Å². The number of nitrogens with one attached hydrogen (secondary N) is 2. The second-order valence-corrected chi connectivity index (χ2v) is 7.92. The molecule has 0 radical (unpaired) electrons. The molecule has 0 unspecified atom stereocenters. The molecule has 178 valence electrons. The number of halogens is 1. The van der Waals surface area contributed by atoms with E-state index in [9.17, 15) is 14.4 Å². The van der Waals surface area contributed by atoms with Gasteiger partial charge in [0.1, 0.15) is 11.9 Å². The second kappa shape index (κ2) is 9.52. The molecule has 3 aliphatic heterocycles. The number of rotatable bonds is 6. The Bertz CT molecular complexity index is 1570. The molecule has 9 heteroatoms. The van der Waals surface area contributed by atoms with E-state index in [-0.39, 0.29) is 29.4 Å². The molecular formula is C25H27FN4O4. The zero-order valence-corrected chi connectivity index (χ0v) is 17.9. The van der Waals surface area contributed by atoms with Crippen molar-refractivity contribution in [2.75, 3.05) is 31.6 Å². The van der Waals surface area contributed by atoms with E-state index in [0.717, 1.165) is 0 Å². The van der Waals surface area contributed by atoms with Crippen LogP contribution in [0.5, 0.6) is 0 Å². The summed E-state index contributed by atoms with van der Waals surface area (Å²) in [6, 6.07) is -5.65. The van der Waals surface area contributed by atoms with E-state index in [1.807, 2.05) is 4.90 Å². The first-order valence-electron chi connectivity index (χ1n) is 15.6. The lowest BCUT2D eigenvalue weighted by Gasteiger charge is -2.29. The molecular weight excluding hydrogens is 439 g/mol. The minimum absolute atomic E-state index is 0.0202. The highest BCUT2D eigenvalue weighted by atomic mass is 19.1. The molecule has 3 amide bonds. The Labute approximate surface area is 211 Å². The van der Waals surface area contributed by atoms with Crippen molar-refractivity contribution in [3.05, 3.63) is 64.3 Å². The van der Waals surface area contributed by atoms with Gasteiger partial charge in [-0.2, -0.15) is 0 Å². The number of carbonyl (C=O) groups excluding carboxylic acids is 3. The van der Waals surface area contributed by atoms with Gasteiger partial charge in [0.15, 0.2) is 0 Å². The number of imide groups is 1. The number of ether oxygens (including phenoxy) is 1. The molecule has 2 aromatic rings. The third-order valence-electron chi connectivity index (χ3n) is 5.72. The smallest absolute Gasteiger partial charge is 0.255 e. The molecule has 2 fully saturated rings. The maximum Gasteiger partial charge on any atom is 0.255 e. The average Bonchev–Trinajstić information content (AvgIpc) is 3.30. The van der Waals surface area contributed by atoms with E-state index in [2.05, 4.69) is 5.32 Å². The van der Waals surface area contributed by atoms with Crippen LogP contribution in [-0.4, -0.2) is 59.9 Å². The van der Waals surface area contributed by atoms with Crippen LogP contribution in [0.3, 0.4) is 0 Å². The number of anilines is 1. The lowest BCUT2D eigenvalue weighted by Crippen LogP contribution is -2.52. The van der Waals surface area contributed by atoms with Gasteiger partial charge in [-0.05, 0) is 30.1 Å². The van der Waals surface area contributed by atoms with Gasteiger partial charge in [0.25, 0.3) is 5.91 Å². The van der Waals surface area contributed by atoms with Crippen LogP contribution < -0.4 is 10.6 Å². The Morgan fingerprint density at radius 2 is 2.03 bits per heavy atom. The first kappa shape index (κ1) is 13.6. The number of fused-ring (bicyclic) bond motifs is 1. The summed E-state index contributed by atoms with van der Waals surface area (Å²) in [5, 5.41) is 4.41. The second-order valence-electron chi connectivity index (χ2n) is 7.92. The van der Waals surface area contributed by atoms with Crippen molar-refractivity contribution in [1.82, 2.24) is 15.1 Å². The molecule has 0 aromatic heterocycles. The van der Waals surface area contributed by atoms with Crippen molar-refractivity contribution >= 4 is 23.4 Å². The Hall–Kier alpha value is -3.30. The third-order valence-corrected chi connectivity index (χ3v) is 5.72. The standard InChI is InChI=1S/C25H27FN4O4/c26-20-12-16(14-29-8-10-34-11-9-29)4-5-17(20)13-27-21-3-1-2-18-19(21)15-30(25(18)33)22-6-7-23(31)28-24(22)32/h1-5,12,22,27H,6-11,13-15H2,(H,28,31,32)/t22-/m1/s1/i1D,2D,3D,4D,5D,6D2,7D2,12D. The van der Waals surface area contributed by atoms with Crippen molar-refractivity contribution in [3.8, 4) is 0 Å². The van der Waals surface area contributed by atoms with E-state index >= 15 is 4.39 Å². The van der Waals surface area contributed by atoms with Gasteiger partial charge in [-0.25, -0.2) is 4.39 Å². The quantitative estimate of drug-likeness (QED) is 0.620. The molecule has 34 heavy (non-hydrogen) atoms. The van der Waals surface area contributed by atoms with E-state index in [4.69, 9.17) is 18.4 Å². The molecule has 2 aromatic carbocycles. The molecule has 0 saturated carbocycles. The summed E-state index contributed by atoms with van der Waals surface area (Å²) in [5.41, 5.74) is -1.23. The van der Waals surface area contributed by atoms with Crippen LogP contribution >= 0.6 is 0 Å². The van der Waals surface area contributed by atoms with Gasteiger partial charge in [0.2, 0.25) is 11.8 Å². The molecule has 2 N–H and O–H groups in total. The molecule has 5 rings (SSSR count). The number of morpholine rings is 1. The normalized spacial score (nSPS) is 28.1. The fraction of sp³-hybridized carbons (Fsp3) is 0.400. The van der Waals surface area contributed by atoms with Crippen LogP contribution in [0.1, 0.15) is 53.5 Å². The Balaban J connectivity index is 1.49. The maximum absolute atomic E-state index is 15.5. The monoisotopic (exact) mass is 476 g/mol. The highest BCUT2D eigenvalue weighted by molar-refractivity contribution is 6.06. The summed E-state index contributed by atoms with van der Waals surface area (Å²) in [6.45, 7) is 0.778. The lowest BCUT2D eigenvalue weighted by atomic mass is 10.0. The highest BCUT2D eigenvalue weighted by Crippen LogP contribution is 2.32. The van der Waals surface area contributed by atoms with Gasteiger partial charge in [-0.15, -0.1) is 0 Å². The third kappa shape index (κ3) is 4.53. The van der Waals surface area contributed by atoms with Gasteiger partial charge < -0.3 is 15.0 Å². The fourth-order valence-corrected chi connectivity index (χ4v) is 3.95. The predicted molar refractivity (Wildman–Crippen MR) is 122 cm³/mol. The Morgan fingerprint density at radius 1 is 1.21 bits per heavy atom. The van der Waals surface area contributed by atoms with E-state index in [0.29, 0.717) is 31.2 Å². The molecule has 0 bridgehead atoms. The van der Waals surface area contributed by atoms with E-state index in [1.54, 1.807) is 5.32 Å². The number of carbonyl (C=O) groups is 3. The van der Waals surface area contributed by atoms with Gasteiger partial charge >= 0.3 is 0 Å². The SMILES string of the molecule is [2H]c1c([2H])c(NCc2c([2H])c([2H])c(CN3CCOCC3)c([2H])c2F)c2c(c1[2H])C(=O)N([C@H]1C(=O)NC(=O)C([2H])([2H])C1([2H])[2H])C2. The number of amides is 3.